The van der Waals surface area contributed by atoms with Crippen LogP contribution in [-0.4, -0.2) is 35.1 Å². The van der Waals surface area contributed by atoms with Gasteiger partial charge in [0, 0.05) is 6.04 Å². The molecule has 0 aromatic heterocycles. The predicted octanol–water partition coefficient (Wildman–Crippen LogP) is 0.0488. The molecule has 0 rings (SSSR count). The maximum Gasteiger partial charge on any atom is 0.312 e. The van der Waals surface area contributed by atoms with Crippen LogP contribution in [0.5, 0.6) is 0 Å². The van der Waals surface area contributed by atoms with Crippen LogP contribution in [0.1, 0.15) is 33.6 Å². The Kier molecular flexibility index (Phi) is 6.77. The number of primary amides is 1. The van der Waals surface area contributed by atoms with E-state index in [1.807, 2.05) is 13.8 Å². The molecule has 3 amide bonds. The lowest BCUT2D eigenvalue weighted by atomic mass is 10.0. The van der Waals surface area contributed by atoms with E-state index in [4.69, 9.17) is 10.8 Å². The van der Waals surface area contributed by atoms with E-state index in [0.717, 1.165) is 0 Å². The standard InChI is InChI=1S/C11H21N3O4/c1-6(2)4-8(14-11(12)18)10(17)13-7(3)5-9(15)16/h6-8H,4-5H2,1-3H3,(H,13,17)(H,15,16)(H3,12,14,18). The molecule has 0 bridgehead atoms. The van der Waals surface area contributed by atoms with Crippen molar-refractivity contribution in [2.45, 2.75) is 45.7 Å². The summed E-state index contributed by atoms with van der Waals surface area (Å²) in [5, 5.41) is 13.5. The Labute approximate surface area is 106 Å². The molecule has 0 heterocycles. The van der Waals surface area contributed by atoms with Crippen molar-refractivity contribution in [2.24, 2.45) is 11.7 Å². The van der Waals surface area contributed by atoms with E-state index in [0.29, 0.717) is 6.42 Å². The first-order chi connectivity index (χ1) is 8.22. The quantitative estimate of drug-likeness (QED) is 0.516. The summed E-state index contributed by atoms with van der Waals surface area (Å²) < 4.78 is 0. The number of carboxylic acid groups (broad SMARTS) is 1. The minimum absolute atomic E-state index is 0.170. The van der Waals surface area contributed by atoms with Gasteiger partial charge in [-0.2, -0.15) is 0 Å². The van der Waals surface area contributed by atoms with E-state index in [9.17, 15) is 14.4 Å². The molecule has 0 aromatic carbocycles. The van der Waals surface area contributed by atoms with Crippen LogP contribution in [0.2, 0.25) is 0 Å². The molecular formula is C11H21N3O4. The Balaban J connectivity index is 4.45. The van der Waals surface area contributed by atoms with Gasteiger partial charge in [0.15, 0.2) is 0 Å². The van der Waals surface area contributed by atoms with E-state index < -0.39 is 30.0 Å². The molecule has 2 unspecified atom stereocenters. The topological polar surface area (TPSA) is 122 Å². The number of carboxylic acids is 1. The molecule has 0 saturated carbocycles. The van der Waals surface area contributed by atoms with Gasteiger partial charge < -0.3 is 21.5 Å². The molecule has 104 valence electrons. The molecule has 0 aliphatic heterocycles. The smallest absolute Gasteiger partial charge is 0.312 e. The van der Waals surface area contributed by atoms with Crippen molar-refractivity contribution in [3.8, 4) is 0 Å². The van der Waals surface area contributed by atoms with Gasteiger partial charge in [0.2, 0.25) is 5.91 Å². The van der Waals surface area contributed by atoms with Crippen LogP contribution in [0, 0.1) is 5.92 Å². The van der Waals surface area contributed by atoms with Crippen LogP contribution in [-0.2, 0) is 9.59 Å². The van der Waals surface area contributed by atoms with Gasteiger partial charge in [-0.3, -0.25) is 9.59 Å². The number of urea groups is 1. The fourth-order valence-corrected chi connectivity index (χ4v) is 1.53. The number of rotatable bonds is 7. The first kappa shape index (κ1) is 16.2. The summed E-state index contributed by atoms with van der Waals surface area (Å²) >= 11 is 0. The molecule has 0 radical (unpaired) electrons. The number of hydrogen-bond acceptors (Lipinski definition) is 3. The van der Waals surface area contributed by atoms with Crippen molar-refractivity contribution in [3.05, 3.63) is 0 Å². The zero-order valence-electron chi connectivity index (χ0n) is 10.9. The molecule has 0 saturated heterocycles. The number of amides is 3. The Morgan fingerprint density at radius 2 is 1.72 bits per heavy atom. The van der Waals surface area contributed by atoms with Gasteiger partial charge in [0.1, 0.15) is 6.04 Å². The summed E-state index contributed by atoms with van der Waals surface area (Å²) in [5.74, 6) is -1.22. The number of carbonyl (C=O) groups excluding carboxylic acids is 2. The van der Waals surface area contributed by atoms with Crippen LogP contribution in [0.4, 0.5) is 4.79 Å². The second-order valence-electron chi connectivity index (χ2n) is 4.70. The number of hydrogen-bond donors (Lipinski definition) is 4. The molecule has 0 aromatic rings. The third kappa shape index (κ3) is 7.48. The first-order valence-corrected chi connectivity index (χ1v) is 5.80. The third-order valence-electron chi connectivity index (χ3n) is 2.21. The van der Waals surface area contributed by atoms with Crippen LogP contribution >= 0.6 is 0 Å². The average molecular weight is 259 g/mol. The molecule has 0 fully saturated rings. The second kappa shape index (κ2) is 7.52. The highest BCUT2D eigenvalue weighted by molar-refractivity contribution is 5.87. The van der Waals surface area contributed by atoms with Crippen LogP contribution in [0.15, 0.2) is 0 Å². The second-order valence-corrected chi connectivity index (χ2v) is 4.70. The van der Waals surface area contributed by atoms with Gasteiger partial charge in [-0.25, -0.2) is 4.79 Å². The zero-order valence-corrected chi connectivity index (χ0v) is 10.9. The van der Waals surface area contributed by atoms with Crippen molar-refractivity contribution in [1.29, 1.82) is 0 Å². The maximum atomic E-state index is 11.8. The van der Waals surface area contributed by atoms with Gasteiger partial charge in [-0.15, -0.1) is 0 Å². The lowest BCUT2D eigenvalue weighted by Crippen LogP contribution is -2.51. The van der Waals surface area contributed by atoms with Crippen LogP contribution < -0.4 is 16.4 Å². The largest absolute Gasteiger partial charge is 0.481 e. The maximum absolute atomic E-state index is 11.8. The number of aliphatic carboxylic acids is 1. The van der Waals surface area contributed by atoms with Crippen molar-refractivity contribution < 1.29 is 19.5 Å². The van der Waals surface area contributed by atoms with Crippen molar-refractivity contribution >= 4 is 17.9 Å². The SMILES string of the molecule is CC(C)CC(NC(N)=O)C(=O)NC(C)CC(=O)O. The van der Waals surface area contributed by atoms with Gasteiger partial charge in [-0.05, 0) is 19.3 Å². The molecule has 18 heavy (non-hydrogen) atoms. The number of nitrogens with two attached hydrogens (primary N) is 1. The Morgan fingerprint density at radius 3 is 2.11 bits per heavy atom. The van der Waals surface area contributed by atoms with Gasteiger partial charge in [0.25, 0.3) is 0 Å². The molecule has 5 N–H and O–H groups in total. The summed E-state index contributed by atoms with van der Waals surface area (Å²) in [7, 11) is 0. The first-order valence-electron chi connectivity index (χ1n) is 5.80. The Bertz CT molecular complexity index is 317. The van der Waals surface area contributed by atoms with Crippen molar-refractivity contribution in [3.63, 3.8) is 0 Å². The summed E-state index contributed by atoms with van der Waals surface area (Å²) in [6.45, 7) is 5.40. The molecule has 7 heteroatoms. The fourth-order valence-electron chi connectivity index (χ4n) is 1.53. The highest BCUT2D eigenvalue weighted by atomic mass is 16.4. The zero-order chi connectivity index (χ0) is 14.3. The normalized spacial score (nSPS) is 13.8. The highest BCUT2D eigenvalue weighted by Gasteiger charge is 2.22. The fraction of sp³-hybridized carbons (Fsp3) is 0.727. The van der Waals surface area contributed by atoms with E-state index in [2.05, 4.69) is 10.6 Å². The van der Waals surface area contributed by atoms with Crippen LogP contribution in [0.25, 0.3) is 0 Å². The Morgan fingerprint density at radius 1 is 1.17 bits per heavy atom. The lowest BCUT2D eigenvalue weighted by molar-refractivity contribution is -0.137. The molecule has 0 aliphatic carbocycles. The summed E-state index contributed by atoms with van der Waals surface area (Å²) in [6.07, 6.45) is 0.269. The molecule has 2 atom stereocenters. The summed E-state index contributed by atoms with van der Waals surface area (Å²) in [5.41, 5.74) is 4.99. The van der Waals surface area contributed by atoms with Crippen molar-refractivity contribution in [1.82, 2.24) is 10.6 Å². The highest BCUT2D eigenvalue weighted by Crippen LogP contribution is 2.05. The number of nitrogens with one attached hydrogen (secondary N) is 2. The van der Waals surface area contributed by atoms with E-state index in [-0.39, 0.29) is 12.3 Å². The van der Waals surface area contributed by atoms with E-state index in [1.54, 1.807) is 6.92 Å². The molecular weight excluding hydrogens is 238 g/mol. The van der Waals surface area contributed by atoms with Gasteiger partial charge in [0.05, 0.1) is 6.42 Å². The molecule has 0 spiro atoms. The van der Waals surface area contributed by atoms with Gasteiger partial charge in [-0.1, -0.05) is 13.8 Å². The molecule has 0 aliphatic rings. The predicted molar refractivity (Wildman–Crippen MR) is 65.8 cm³/mol. The summed E-state index contributed by atoms with van der Waals surface area (Å²) in [4.78, 5) is 33.1. The average Bonchev–Trinajstić information content (AvgIpc) is 2.13. The lowest BCUT2D eigenvalue weighted by Gasteiger charge is -2.21. The van der Waals surface area contributed by atoms with Crippen LogP contribution in [0.3, 0.4) is 0 Å². The molecule has 7 nitrogen and oxygen atoms in total. The van der Waals surface area contributed by atoms with E-state index >= 15 is 0 Å². The minimum atomic E-state index is -0.994. The van der Waals surface area contributed by atoms with E-state index in [1.165, 1.54) is 0 Å². The number of carbonyl (C=O) groups is 3. The van der Waals surface area contributed by atoms with Gasteiger partial charge >= 0.3 is 12.0 Å². The summed E-state index contributed by atoms with van der Waals surface area (Å²) in [6, 6.07) is -2.01. The Hall–Kier alpha value is -1.79. The minimum Gasteiger partial charge on any atom is -0.481 e. The third-order valence-corrected chi connectivity index (χ3v) is 2.21. The monoisotopic (exact) mass is 259 g/mol. The van der Waals surface area contributed by atoms with Crippen molar-refractivity contribution in [2.75, 3.05) is 0 Å².